The van der Waals surface area contributed by atoms with Crippen molar-refractivity contribution in [1.82, 2.24) is 5.32 Å². The van der Waals surface area contributed by atoms with E-state index >= 15 is 0 Å². The summed E-state index contributed by atoms with van der Waals surface area (Å²) in [4.78, 5) is 12.0. The van der Waals surface area contributed by atoms with Crippen molar-refractivity contribution >= 4 is 5.97 Å². The van der Waals surface area contributed by atoms with Crippen LogP contribution in [-0.4, -0.2) is 24.7 Å². The second kappa shape index (κ2) is 5.17. The molecule has 2 rings (SSSR count). The summed E-state index contributed by atoms with van der Waals surface area (Å²) in [6, 6.07) is 0.286. The summed E-state index contributed by atoms with van der Waals surface area (Å²) < 4.78 is 5.64. The number of carbonyl (C=O) groups excluding carboxylic acids is 1. The third-order valence-electron chi connectivity index (χ3n) is 4.00. The summed E-state index contributed by atoms with van der Waals surface area (Å²) in [6.07, 6.45) is 5.73. The Bertz CT molecular complexity index is 254. The SMILES string of the molecule is CC1CCCC(OC(=O)C2CCNC2C)C1. The van der Waals surface area contributed by atoms with Gasteiger partial charge in [0.1, 0.15) is 6.10 Å². The quantitative estimate of drug-likeness (QED) is 0.731. The zero-order valence-electron chi connectivity index (χ0n) is 10.4. The summed E-state index contributed by atoms with van der Waals surface area (Å²) in [5, 5.41) is 3.30. The molecule has 2 aliphatic rings. The van der Waals surface area contributed by atoms with Crippen molar-refractivity contribution in [3.05, 3.63) is 0 Å². The minimum Gasteiger partial charge on any atom is -0.462 e. The number of carbonyl (C=O) groups is 1. The first-order valence-corrected chi connectivity index (χ1v) is 6.60. The van der Waals surface area contributed by atoms with Gasteiger partial charge in [0.15, 0.2) is 0 Å². The molecular weight excluding hydrogens is 202 g/mol. The minimum absolute atomic E-state index is 0.0246. The van der Waals surface area contributed by atoms with E-state index in [0.29, 0.717) is 5.92 Å². The predicted molar refractivity (Wildman–Crippen MR) is 63.1 cm³/mol. The molecule has 1 N–H and O–H groups in total. The molecule has 3 nitrogen and oxygen atoms in total. The smallest absolute Gasteiger partial charge is 0.310 e. The average molecular weight is 225 g/mol. The van der Waals surface area contributed by atoms with Gasteiger partial charge in [0.2, 0.25) is 0 Å². The molecule has 1 heterocycles. The molecule has 0 amide bonds. The lowest BCUT2D eigenvalue weighted by molar-refractivity contribution is -0.156. The van der Waals surface area contributed by atoms with Gasteiger partial charge in [0, 0.05) is 6.04 Å². The van der Waals surface area contributed by atoms with Gasteiger partial charge >= 0.3 is 5.97 Å². The number of nitrogens with one attached hydrogen (secondary N) is 1. The summed E-state index contributed by atoms with van der Waals surface area (Å²) >= 11 is 0. The Morgan fingerprint density at radius 2 is 2.06 bits per heavy atom. The fraction of sp³-hybridized carbons (Fsp3) is 0.923. The highest BCUT2D eigenvalue weighted by atomic mass is 16.5. The van der Waals surface area contributed by atoms with E-state index < -0.39 is 0 Å². The first-order chi connectivity index (χ1) is 7.66. The van der Waals surface area contributed by atoms with Crippen LogP contribution in [0.3, 0.4) is 0 Å². The van der Waals surface area contributed by atoms with Crippen molar-refractivity contribution in [1.29, 1.82) is 0 Å². The van der Waals surface area contributed by atoms with Gasteiger partial charge in [-0.2, -0.15) is 0 Å². The van der Waals surface area contributed by atoms with Crippen LogP contribution in [0.2, 0.25) is 0 Å². The van der Waals surface area contributed by atoms with Crippen LogP contribution in [0, 0.1) is 11.8 Å². The van der Waals surface area contributed by atoms with Crippen LogP contribution < -0.4 is 5.32 Å². The summed E-state index contributed by atoms with van der Waals surface area (Å²) in [7, 11) is 0. The first-order valence-electron chi connectivity index (χ1n) is 6.60. The number of rotatable bonds is 2. The topological polar surface area (TPSA) is 38.3 Å². The molecule has 92 valence electrons. The van der Waals surface area contributed by atoms with Crippen LogP contribution >= 0.6 is 0 Å². The fourth-order valence-electron chi connectivity index (χ4n) is 2.92. The van der Waals surface area contributed by atoms with E-state index in [0.717, 1.165) is 25.8 Å². The van der Waals surface area contributed by atoms with Crippen molar-refractivity contribution in [3.8, 4) is 0 Å². The molecule has 0 bridgehead atoms. The fourth-order valence-corrected chi connectivity index (χ4v) is 2.92. The average Bonchev–Trinajstić information content (AvgIpc) is 2.64. The van der Waals surface area contributed by atoms with E-state index in [4.69, 9.17) is 4.74 Å². The van der Waals surface area contributed by atoms with Crippen LogP contribution in [0.4, 0.5) is 0 Å². The van der Waals surface area contributed by atoms with Gasteiger partial charge in [-0.25, -0.2) is 0 Å². The van der Waals surface area contributed by atoms with Gasteiger partial charge in [-0.15, -0.1) is 0 Å². The summed E-state index contributed by atoms with van der Waals surface area (Å²) in [5.41, 5.74) is 0. The van der Waals surface area contributed by atoms with Crippen LogP contribution in [-0.2, 0) is 9.53 Å². The number of hydrogen-bond acceptors (Lipinski definition) is 3. The normalized spacial score (nSPS) is 39.6. The molecule has 0 aromatic rings. The van der Waals surface area contributed by atoms with E-state index in [1.165, 1.54) is 12.8 Å². The molecule has 3 heteroatoms. The highest BCUT2D eigenvalue weighted by molar-refractivity contribution is 5.73. The second-order valence-electron chi connectivity index (χ2n) is 5.47. The Balaban J connectivity index is 1.82. The number of esters is 1. The number of ether oxygens (including phenoxy) is 1. The van der Waals surface area contributed by atoms with Gasteiger partial charge in [0.05, 0.1) is 5.92 Å². The van der Waals surface area contributed by atoms with E-state index in [1.807, 2.05) is 0 Å². The van der Waals surface area contributed by atoms with Crippen LogP contribution in [0.15, 0.2) is 0 Å². The highest BCUT2D eigenvalue weighted by Crippen LogP contribution is 2.27. The maximum absolute atomic E-state index is 12.0. The zero-order chi connectivity index (χ0) is 11.5. The largest absolute Gasteiger partial charge is 0.462 e. The zero-order valence-corrected chi connectivity index (χ0v) is 10.4. The van der Waals surface area contributed by atoms with Crippen molar-refractivity contribution in [2.75, 3.05) is 6.54 Å². The lowest BCUT2D eigenvalue weighted by atomic mass is 9.88. The van der Waals surface area contributed by atoms with Gasteiger partial charge < -0.3 is 10.1 Å². The lowest BCUT2D eigenvalue weighted by Gasteiger charge is -2.28. The van der Waals surface area contributed by atoms with Crippen molar-refractivity contribution in [2.24, 2.45) is 11.8 Å². The Morgan fingerprint density at radius 1 is 1.25 bits per heavy atom. The minimum atomic E-state index is 0.0246. The molecule has 1 saturated carbocycles. The molecule has 1 aliphatic carbocycles. The standard InChI is InChI=1S/C13H23NO2/c1-9-4-3-5-11(8-9)16-13(15)12-6-7-14-10(12)2/h9-12,14H,3-8H2,1-2H3. The monoisotopic (exact) mass is 225 g/mol. The highest BCUT2D eigenvalue weighted by Gasteiger charge is 2.33. The number of hydrogen-bond donors (Lipinski definition) is 1. The van der Waals surface area contributed by atoms with E-state index in [2.05, 4.69) is 19.2 Å². The predicted octanol–water partition coefficient (Wildman–Crippen LogP) is 2.11. The van der Waals surface area contributed by atoms with Gasteiger partial charge in [-0.05, 0) is 45.1 Å². The first kappa shape index (κ1) is 11.9. The Kier molecular flexibility index (Phi) is 3.85. The van der Waals surface area contributed by atoms with Gasteiger partial charge in [0.25, 0.3) is 0 Å². The van der Waals surface area contributed by atoms with Crippen molar-refractivity contribution in [2.45, 2.75) is 58.1 Å². The molecule has 0 spiro atoms. The van der Waals surface area contributed by atoms with Crippen LogP contribution in [0.1, 0.15) is 46.0 Å². The van der Waals surface area contributed by atoms with E-state index in [1.54, 1.807) is 0 Å². The molecular formula is C13H23NO2. The lowest BCUT2D eigenvalue weighted by Crippen LogP contribution is -2.33. The third-order valence-corrected chi connectivity index (χ3v) is 4.00. The second-order valence-corrected chi connectivity index (χ2v) is 5.47. The molecule has 4 unspecified atom stereocenters. The van der Waals surface area contributed by atoms with E-state index in [-0.39, 0.29) is 24.0 Å². The molecule has 0 radical (unpaired) electrons. The molecule has 1 aliphatic heterocycles. The Hall–Kier alpha value is -0.570. The molecule has 4 atom stereocenters. The van der Waals surface area contributed by atoms with Gasteiger partial charge in [-0.1, -0.05) is 13.3 Å². The maximum Gasteiger partial charge on any atom is 0.310 e. The Morgan fingerprint density at radius 3 is 2.69 bits per heavy atom. The van der Waals surface area contributed by atoms with E-state index in [9.17, 15) is 4.79 Å². The summed E-state index contributed by atoms with van der Waals surface area (Å²) in [5.74, 6) is 0.819. The third kappa shape index (κ3) is 2.76. The van der Waals surface area contributed by atoms with Crippen LogP contribution in [0.5, 0.6) is 0 Å². The molecule has 1 saturated heterocycles. The molecule has 0 aromatic carbocycles. The van der Waals surface area contributed by atoms with Crippen molar-refractivity contribution in [3.63, 3.8) is 0 Å². The summed E-state index contributed by atoms with van der Waals surface area (Å²) in [6.45, 7) is 5.27. The van der Waals surface area contributed by atoms with Gasteiger partial charge in [-0.3, -0.25) is 4.79 Å². The molecule has 0 aromatic heterocycles. The maximum atomic E-state index is 12.0. The molecule has 16 heavy (non-hydrogen) atoms. The van der Waals surface area contributed by atoms with Crippen LogP contribution in [0.25, 0.3) is 0 Å². The Labute approximate surface area is 97.9 Å². The molecule has 2 fully saturated rings. The van der Waals surface area contributed by atoms with Crippen molar-refractivity contribution < 1.29 is 9.53 Å².